The second kappa shape index (κ2) is 4.56. The van der Waals surface area contributed by atoms with Crippen LogP contribution < -0.4 is 10.6 Å². The summed E-state index contributed by atoms with van der Waals surface area (Å²) < 4.78 is 0. The number of nitrogens with zero attached hydrogens (tertiary/aromatic N) is 3. The van der Waals surface area contributed by atoms with Gasteiger partial charge in [0.25, 0.3) is 5.69 Å². The summed E-state index contributed by atoms with van der Waals surface area (Å²) in [6.45, 7) is 1.17. The van der Waals surface area contributed by atoms with Crippen LogP contribution in [0.5, 0.6) is 0 Å². The molecule has 0 aliphatic carbocycles. The lowest BCUT2D eigenvalue weighted by Gasteiger charge is -2.37. The summed E-state index contributed by atoms with van der Waals surface area (Å²) in [5.74, 6) is 0.239. The van der Waals surface area contributed by atoms with Gasteiger partial charge >= 0.3 is 0 Å². The Morgan fingerprint density at radius 1 is 1.72 bits per heavy atom. The summed E-state index contributed by atoms with van der Waals surface area (Å²) in [5, 5.41) is 35.0. The Kier molecular flexibility index (Phi) is 3.10. The van der Waals surface area contributed by atoms with Gasteiger partial charge in [0, 0.05) is 25.7 Å². The lowest BCUT2D eigenvalue weighted by molar-refractivity contribution is -0.385. The van der Waals surface area contributed by atoms with Crippen molar-refractivity contribution in [2.45, 2.75) is 5.60 Å². The second-order valence-electron chi connectivity index (χ2n) is 4.14. The Balaban J connectivity index is 2.13. The molecular formula is C10H11N5O3. The average molecular weight is 249 g/mol. The molecule has 1 saturated heterocycles. The van der Waals surface area contributed by atoms with Crippen molar-refractivity contribution in [3.05, 3.63) is 27.9 Å². The van der Waals surface area contributed by atoms with E-state index in [0.29, 0.717) is 13.1 Å². The van der Waals surface area contributed by atoms with E-state index < -0.39 is 10.5 Å². The topological polar surface area (TPSA) is 124 Å². The first-order valence-corrected chi connectivity index (χ1v) is 5.26. The van der Waals surface area contributed by atoms with Gasteiger partial charge in [0.1, 0.15) is 29.2 Å². The van der Waals surface area contributed by atoms with Crippen LogP contribution in [0.2, 0.25) is 0 Å². The molecule has 1 aliphatic heterocycles. The standard InChI is InChI=1S/C10H11N5O3/c11-2-7-1-8(15(17)18)3-13-9(7)14-6-10(16)4-12-5-10/h1,3,12,16H,4-6H2,(H,13,14). The van der Waals surface area contributed by atoms with Gasteiger partial charge in [-0.25, -0.2) is 4.98 Å². The number of rotatable bonds is 4. The molecule has 8 heteroatoms. The molecule has 0 atom stereocenters. The first-order valence-electron chi connectivity index (χ1n) is 5.26. The number of hydrogen-bond donors (Lipinski definition) is 3. The second-order valence-corrected chi connectivity index (χ2v) is 4.14. The van der Waals surface area contributed by atoms with Crippen LogP contribution in [0.25, 0.3) is 0 Å². The van der Waals surface area contributed by atoms with Crippen LogP contribution in [0, 0.1) is 21.4 Å². The number of aromatic nitrogens is 1. The van der Waals surface area contributed by atoms with E-state index >= 15 is 0 Å². The summed E-state index contributed by atoms with van der Waals surface area (Å²) in [4.78, 5) is 13.8. The molecule has 18 heavy (non-hydrogen) atoms. The van der Waals surface area contributed by atoms with Crippen LogP contribution in [0.3, 0.4) is 0 Å². The Hall–Kier alpha value is -2.24. The molecule has 3 N–H and O–H groups in total. The molecule has 0 radical (unpaired) electrons. The number of pyridine rings is 1. The Labute approximate surface area is 102 Å². The van der Waals surface area contributed by atoms with Crippen LogP contribution >= 0.6 is 0 Å². The third-order valence-electron chi connectivity index (χ3n) is 2.70. The number of nitrogens with one attached hydrogen (secondary N) is 2. The first-order chi connectivity index (χ1) is 8.54. The Morgan fingerprint density at radius 2 is 2.44 bits per heavy atom. The highest BCUT2D eigenvalue weighted by Crippen LogP contribution is 2.19. The van der Waals surface area contributed by atoms with Crippen LogP contribution in [-0.2, 0) is 0 Å². The number of aliphatic hydroxyl groups is 1. The van der Waals surface area contributed by atoms with Gasteiger partial charge in [0.2, 0.25) is 0 Å². The fraction of sp³-hybridized carbons (Fsp3) is 0.400. The monoisotopic (exact) mass is 249 g/mol. The molecule has 1 aliphatic rings. The average Bonchev–Trinajstić information content (AvgIpc) is 2.33. The smallest absolute Gasteiger partial charge is 0.289 e. The van der Waals surface area contributed by atoms with E-state index in [1.54, 1.807) is 0 Å². The Morgan fingerprint density at radius 3 is 2.94 bits per heavy atom. The fourth-order valence-corrected chi connectivity index (χ4v) is 1.57. The molecule has 0 aromatic carbocycles. The van der Waals surface area contributed by atoms with Crippen molar-refractivity contribution in [1.29, 1.82) is 5.26 Å². The van der Waals surface area contributed by atoms with Crippen molar-refractivity contribution in [2.24, 2.45) is 0 Å². The van der Waals surface area contributed by atoms with Crippen molar-refractivity contribution >= 4 is 11.5 Å². The van der Waals surface area contributed by atoms with Crippen molar-refractivity contribution in [1.82, 2.24) is 10.3 Å². The van der Waals surface area contributed by atoms with Crippen molar-refractivity contribution in [3.63, 3.8) is 0 Å². The zero-order chi connectivity index (χ0) is 13.2. The minimum absolute atomic E-state index is 0.0834. The minimum Gasteiger partial charge on any atom is -0.385 e. The quantitative estimate of drug-likeness (QED) is 0.490. The lowest BCUT2D eigenvalue weighted by atomic mass is 9.97. The molecular weight excluding hydrogens is 238 g/mol. The molecule has 1 aromatic rings. The molecule has 0 spiro atoms. The molecule has 2 heterocycles. The van der Waals surface area contributed by atoms with E-state index in [-0.39, 0.29) is 23.6 Å². The summed E-state index contributed by atoms with van der Waals surface area (Å²) in [7, 11) is 0. The van der Waals surface area contributed by atoms with Crippen LogP contribution in [0.4, 0.5) is 11.5 Å². The van der Waals surface area contributed by atoms with E-state index in [4.69, 9.17) is 5.26 Å². The molecule has 1 aromatic heterocycles. The van der Waals surface area contributed by atoms with Gasteiger partial charge in [-0.2, -0.15) is 5.26 Å². The number of hydrogen-bond acceptors (Lipinski definition) is 7. The normalized spacial score (nSPS) is 16.4. The van der Waals surface area contributed by atoms with Gasteiger partial charge in [-0.05, 0) is 0 Å². The van der Waals surface area contributed by atoms with Gasteiger partial charge in [-0.1, -0.05) is 0 Å². The minimum atomic E-state index is -0.851. The van der Waals surface area contributed by atoms with Crippen molar-refractivity contribution in [3.8, 4) is 6.07 Å². The molecule has 0 saturated carbocycles. The molecule has 0 bridgehead atoms. The molecule has 0 amide bonds. The maximum Gasteiger partial charge on any atom is 0.289 e. The van der Waals surface area contributed by atoms with Crippen molar-refractivity contribution < 1.29 is 10.0 Å². The fourth-order valence-electron chi connectivity index (χ4n) is 1.57. The summed E-state index contributed by atoms with van der Waals surface area (Å²) in [5.41, 5.74) is -1.00. The maximum atomic E-state index is 10.5. The number of anilines is 1. The summed E-state index contributed by atoms with van der Waals surface area (Å²) in [6.07, 6.45) is 1.08. The number of nitro groups is 1. The predicted molar refractivity (Wildman–Crippen MR) is 61.9 cm³/mol. The van der Waals surface area contributed by atoms with Crippen LogP contribution in [0.1, 0.15) is 5.56 Å². The van der Waals surface area contributed by atoms with E-state index in [1.807, 2.05) is 6.07 Å². The molecule has 8 nitrogen and oxygen atoms in total. The largest absolute Gasteiger partial charge is 0.385 e. The zero-order valence-electron chi connectivity index (χ0n) is 9.38. The predicted octanol–water partition coefficient (Wildman–Crippen LogP) is -0.392. The Bertz CT molecular complexity index is 521. The van der Waals surface area contributed by atoms with Crippen LogP contribution in [0.15, 0.2) is 12.3 Å². The zero-order valence-corrected chi connectivity index (χ0v) is 9.38. The van der Waals surface area contributed by atoms with Crippen LogP contribution in [-0.4, -0.2) is 40.2 Å². The van der Waals surface area contributed by atoms with Gasteiger partial charge in [-0.3, -0.25) is 10.1 Å². The SMILES string of the molecule is N#Cc1cc([N+](=O)[O-])cnc1NCC1(O)CNC1. The molecule has 1 fully saturated rings. The van der Waals surface area contributed by atoms with Gasteiger partial charge < -0.3 is 15.7 Å². The first kappa shape index (κ1) is 12.2. The molecule has 94 valence electrons. The highest BCUT2D eigenvalue weighted by atomic mass is 16.6. The lowest BCUT2D eigenvalue weighted by Crippen LogP contribution is -2.63. The van der Waals surface area contributed by atoms with E-state index in [2.05, 4.69) is 15.6 Å². The number of nitriles is 1. The maximum absolute atomic E-state index is 10.5. The van der Waals surface area contributed by atoms with Gasteiger partial charge in [-0.15, -0.1) is 0 Å². The van der Waals surface area contributed by atoms with Gasteiger partial charge in [0.15, 0.2) is 0 Å². The van der Waals surface area contributed by atoms with Gasteiger partial charge in [0.05, 0.1) is 4.92 Å². The highest BCUT2D eigenvalue weighted by molar-refractivity contribution is 5.55. The molecule has 2 rings (SSSR count). The van der Waals surface area contributed by atoms with E-state index in [1.165, 1.54) is 0 Å². The third kappa shape index (κ3) is 2.37. The third-order valence-corrected chi connectivity index (χ3v) is 2.70. The van der Waals surface area contributed by atoms with Crippen molar-refractivity contribution in [2.75, 3.05) is 25.0 Å². The van der Waals surface area contributed by atoms with E-state index in [0.717, 1.165) is 12.3 Å². The summed E-state index contributed by atoms with van der Waals surface area (Å²) in [6, 6.07) is 2.99. The highest BCUT2D eigenvalue weighted by Gasteiger charge is 2.34. The van der Waals surface area contributed by atoms with E-state index in [9.17, 15) is 15.2 Å². The number of β-amino-alcohol motifs (C(OH)–C–C–N with tert-alkyl or cyclic N) is 1. The summed E-state index contributed by atoms with van der Waals surface area (Å²) >= 11 is 0. The molecule has 0 unspecified atom stereocenters.